The van der Waals surface area contributed by atoms with E-state index in [1.54, 1.807) is 0 Å². The molecule has 1 aliphatic heterocycles. The Kier molecular flexibility index (Phi) is 6.70. The summed E-state index contributed by atoms with van der Waals surface area (Å²) in [5.74, 6) is 1.78. The second kappa shape index (κ2) is 11.8. The van der Waals surface area contributed by atoms with Crippen LogP contribution in [0.3, 0.4) is 0 Å². The maximum Gasteiger partial charge on any atom is 0.238 e. The van der Waals surface area contributed by atoms with Crippen LogP contribution in [0.15, 0.2) is 182 Å². The smallest absolute Gasteiger partial charge is 0.238 e. The van der Waals surface area contributed by atoms with Gasteiger partial charge in [0.2, 0.25) is 5.95 Å². The van der Waals surface area contributed by atoms with Crippen molar-refractivity contribution < 1.29 is 0 Å². The minimum atomic E-state index is 0.570. The Hall–Kier alpha value is -7.05. The van der Waals surface area contributed by atoms with Gasteiger partial charge in [-0.05, 0) is 60.7 Å². The fourth-order valence-electron chi connectivity index (χ4n) is 7.36. The lowest BCUT2D eigenvalue weighted by Crippen LogP contribution is -2.24. The van der Waals surface area contributed by atoms with E-state index in [2.05, 4.69) is 178 Å². The quantitative estimate of drug-likeness (QED) is 0.185. The van der Waals surface area contributed by atoms with E-state index >= 15 is 0 Å². The zero-order chi connectivity index (χ0) is 33.7. The standard InChI is InChI=1S/C45H30N6/c1-3-17-31(18-4-1)43-46-44(48-45(47-43)51-36-24-10-7-21-33(36)34-22-8-11-25-37(34)51)35-23-9-12-26-38(35)50-41-29-15-13-27-39(41)49(32-19-5-2-6-20-32)40-28-14-16-30-42(40)50/h1-30H. The Morgan fingerprint density at radius 3 is 1.39 bits per heavy atom. The molecule has 0 atom stereocenters. The molecule has 6 heteroatoms. The van der Waals surface area contributed by atoms with Gasteiger partial charge < -0.3 is 9.80 Å². The highest BCUT2D eigenvalue weighted by Crippen LogP contribution is 2.55. The van der Waals surface area contributed by atoms with Crippen molar-refractivity contribution >= 4 is 55.9 Å². The normalized spacial score (nSPS) is 12.2. The Morgan fingerprint density at radius 1 is 0.333 bits per heavy atom. The van der Waals surface area contributed by atoms with Crippen molar-refractivity contribution in [2.24, 2.45) is 0 Å². The summed E-state index contributed by atoms with van der Waals surface area (Å²) in [6, 6.07) is 63.1. The number of anilines is 6. The SMILES string of the molecule is c1ccc(-c2nc(-c3ccccc3N3c4ccccc4N(c4ccccc4)c4ccccc43)nc(-n3c4ccccc4c4ccccc43)n2)cc1. The van der Waals surface area contributed by atoms with Gasteiger partial charge in [0.25, 0.3) is 0 Å². The molecule has 0 bridgehead atoms. The maximum absolute atomic E-state index is 5.31. The maximum atomic E-state index is 5.31. The van der Waals surface area contributed by atoms with Crippen LogP contribution in [0.1, 0.15) is 0 Å². The molecule has 0 unspecified atom stereocenters. The topological polar surface area (TPSA) is 50.1 Å². The second-order valence-corrected chi connectivity index (χ2v) is 12.5. The number of aromatic nitrogens is 4. The summed E-state index contributed by atoms with van der Waals surface area (Å²) >= 11 is 0. The van der Waals surface area contributed by atoms with Crippen molar-refractivity contribution in [2.75, 3.05) is 9.80 Å². The van der Waals surface area contributed by atoms with Crippen LogP contribution in [0.25, 0.3) is 50.5 Å². The van der Waals surface area contributed by atoms with Crippen molar-refractivity contribution in [1.29, 1.82) is 0 Å². The van der Waals surface area contributed by atoms with Crippen LogP contribution in [0.2, 0.25) is 0 Å². The molecule has 3 heterocycles. The van der Waals surface area contributed by atoms with Crippen molar-refractivity contribution in [3.8, 4) is 28.7 Å². The van der Waals surface area contributed by atoms with E-state index in [9.17, 15) is 0 Å². The van der Waals surface area contributed by atoms with Crippen molar-refractivity contribution in [3.05, 3.63) is 182 Å². The molecule has 7 aromatic carbocycles. The molecule has 0 saturated carbocycles. The first-order chi connectivity index (χ1) is 25.3. The van der Waals surface area contributed by atoms with Crippen LogP contribution < -0.4 is 9.80 Å². The zero-order valence-electron chi connectivity index (χ0n) is 27.5. The van der Waals surface area contributed by atoms with Crippen LogP contribution in [-0.2, 0) is 0 Å². The minimum Gasteiger partial charge on any atom is -0.306 e. The lowest BCUT2D eigenvalue weighted by atomic mass is 10.0. The number of nitrogens with zero attached hydrogens (tertiary/aromatic N) is 6. The summed E-state index contributed by atoms with van der Waals surface area (Å²) in [5.41, 5.74) is 10.3. The largest absolute Gasteiger partial charge is 0.306 e. The van der Waals surface area contributed by atoms with Crippen LogP contribution >= 0.6 is 0 Å². The summed E-state index contributed by atoms with van der Waals surface area (Å²) in [5, 5.41) is 2.31. The molecule has 0 fully saturated rings. The molecule has 10 rings (SSSR count). The number of benzene rings is 7. The van der Waals surface area contributed by atoms with Gasteiger partial charge in [-0.2, -0.15) is 9.97 Å². The predicted octanol–water partition coefficient (Wildman–Crippen LogP) is 11.6. The number of rotatable bonds is 5. The van der Waals surface area contributed by atoms with E-state index in [-0.39, 0.29) is 0 Å². The minimum absolute atomic E-state index is 0.570. The van der Waals surface area contributed by atoms with Gasteiger partial charge in [-0.15, -0.1) is 0 Å². The molecule has 0 radical (unpaired) electrons. The Balaban J connectivity index is 1.23. The van der Waals surface area contributed by atoms with E-state index in [4.69, 9.17) is 15.0 Å². The first-order valence-corrected chi connectivity index (χ1v) is 17.1. The molecule has 240 valence electrons. The number of hydrogen-bond acceptors (Lipinski definition) is 5. The highest BCUT2D eigenvalue weighted by atomic mass is 15.3. The van der Waals surface area contributed by atoms with E-state index in [0.717, 1.165) is 67.1 Å². The third-order valence-corrected chi connectivity index (χ3v) is 9.56. The molecule has 9 aromatic rings. The van der Waals surface area contributed by atoms with Gasteiger partial charge >= 0.3 is 0 Å². The molecule has 0 aliphatic carbocycles. The molecule has 6 nitrogen and oxygen atoms in total. The monoisotopic (exact) mass is 654 g/mol. The third kappa shape index (κ3) is 4.69. The molecular weight excluding hydrogens is 625 g/mol. The van der Waals surface area contributed by atoms with Gasteiger partial charge in [0.1, 0.15) is 0 Å². The molecule has 51 heavy (non-hydrogen) atoms. The van der Waals surface area contributed by atoms with E-state index in [0.29, 0.717) is 17.6 Å². The highest BCUT2D eigenvalue weighted by molar-refractivity contribution is 6.09. The molecule has 1 aliphatic rings. The van der Waals surface area contributed by atoms with Gasteiger partial charge in [0, 0.05) is 27.6 Å². The number of para-hydroxylation sites is 8. The average molecular weight is 655 g/mol. The molecule has 0 saturated heterocycles. The fourth-order valence-corrected chi connectivity index (χ4v) is 7.36. The van der Waals surface area contributed by atoms with Crippen molar-refractivity contribution in [2.45, 2.75) is 0 Å². The van der Waals surface area contributed by atoms with Crippen molar-refractivity contribution in [1.82, 2.24) is 19.5 Å². The lowest BCUT2D eigenvalue weighted by Gasteiger charge is -2.40. The molecular formula is C45H30N6. The van der Waals surface area contributed by atoms with E-state index in [1.807, 2.05) is 18.2 Å². The van der Waals surface area contributed by atoms with Crippen molar-refractivity contribution in [3.63, 3.8) is 0 Å². The summed E-state index contributed by atoms with van der Waals surface area (Å²) in [7, 11) is 0. The average Bonchev–Trinajstić information content (AvgIpc) is 3.55. The Bertz CT molecular complexity index is 2620. The number of hydrogen-bond donors (Lipinski definition) is 0. The van der Waals surface area contributed by atoms with E-state index < -0.39 is 0 Å². The highest BCUT2D eigenvalue weighted by Gasteiger charge is 2.31. The Morgan fingerprint density at radius 2 is 0.784 bits per heavy atom. The lowest BCUT2D eigenvalue weighted by molar-refractivity contribution is 0.953. The van der Waals surface area contributed by atoms with Crippen LogP contribution in [-0.4, -0.2) is 19.5 Å². The molecule has 0 amide bonds. The second-order valence-electron chi connectivity index (χ2n) is 12.5. The van der Waals surface area contributed by atoms with Gasteiger partial charge in [0.15, 0.2) is 11.6 Å². The molecule has 0 N–H and O–H groups in total. The Labute approximate surface area is 295 Å². The summed E-state index contributed by atoms with van der Waals surface area (Å²) in [4.78, 5) is 20.3. The first-order valence-electron chi connectivity index (χ1n) is 17.1. The summed E-state index contributed by atoms with van der Waals surface area (Å²) < 4.78 is 2.16. The first kappa shape index (κ1) is 28.9. The zero-order valence-corrected chi connectivity index (χ0v) is 27.5. The van der Waals surface area contributed by atoms with Gasteiger partial charge in [0.05, 0.1) is 39.5 Å². The predicted molar refractivity (Wildman–Crippen MR) is 208 cm³/mol. The molecule has 2 aromatic heterocycles. The van der Waals surface area contributed by atoms with Gasteiger partial charge in [-0.25, -0.2) is 4.98 Å². The van der Waals surface area contributed by atoms with Crippen LogP contribution in [0, 0.1) is 0 Å². The van der Waals surface area contributed by atoms with Crippen LogP contribution in [0.5, 0.6) is 0 Å². The molecule has 0 spiro atoms. The van der Waals surface area contributed by atoms with E-state index in [1.165, 1.54) is 0 Å². The summed E-state index contributed by atoms with van der Waals surface area (Å²) in [6.45, 7) is 0. The van der Waals surface area contributed by atoms with Crippen LogP contribution in [0.4, 0.5) is 34.1 Å². The number of fused-ring (bicyclic) bond motifs is 5. The summed E-state index contributed by atoms with van der Waals surface area (Å²) in [6.07, 6.45) is 0. The van der Waals surface area contributed by atoms with Gasteiger partial charge in [-0.1, -0.05) is 121 Å². The fraction of sp³-hybridized carbons (Fsp3) is 0. The third-order valence-electron chi connectivity index (χ3n) is 9.56. The van der Waals surface area contributed by atoms with Gasteiger partial charge in [-0.3, -0.25) is 4.57 Å².